The van der Waals surface area contributed by atoms with Crippen LogP contribution in [0.3, 0.4) is 0 Å². The Morgan fingerprint density at radius 1 is 1.40 bits per heavy atom. The minimum absolute atomic E-state index is 0.105. The van der Waals surface area contributed by atoms with E-state index in [0.717, 1.165) is 17.7 Å². The third-order valence-electron chi connectivity index (χ3n) is 4.61. The molecule has 1 aliphatic carbocycles. The van der Waals surface area contributed by atoms with Crippen LogP contribution in [0, 0.1) is 12.8 Å². The van der Waals surface area contributed by atoms with Crippen molar-refractivity contribution in [3.63, 3.8) is 0 Å². The second kappa shape index (κ2) is 5.91. The number of ether oxygens (including phenoxy) is 1. The summed E-state index contributed by atoms with van der Waals surface area (Å²) in [6.45, 7) is 2.99. The lowest BCUT2D eigenvalue weighted by molar-refractivity contribution is -0.134. The highest BCUT2D eigenvalue weighted by Crippen LogP contribution is 2.42. The molecule has 1 unspecified atom stereocenters. The number of carbonyl (C=O) groups is 4. The maximum Gasteiger partial charge on any atom is 0.356 e. The molecule has 1 aliphatic heterocycles. The van der Waals surface area contributed by atoms with Crippen LogP contribution in [0.4, 0.5) is 10.5 Å². The van der Waals surface area contributed by atoms with Gasteiger partial charge in [0, 0.05) is 5.69 Å². The summed E-state index contributed by atoms with van der Waals surface area (Å²) >= 11 is 0. The van der Waals surface area contributed by atoms with E-state index in [4.69, 9.17) is 0 Å². The van der Waals surface area contributed by atoms with Crippen LogP contribution in [0.1, 0.15) is 35.9 Å². The number of urea groups is 1. The molecule has 2 heterocycles. The van der Waals surface area contributed by atoms with E-state index in [1.807, 2.05) is 0 Å². The lowest BCUT2D eigenvalue weighted by atomic mass is 9.96. The Balaban J connectivity index is 1.70. The molecular weight excluding hydrogens is 328 g/mol. The molecule has 0 aromatic carbocycles. The summed E-state index contributed by atoms with van der Waals surface area (Å²) in [6, 6.07) is 0.998. The van der Waals surface area contributed by atoms with E-state index < -0.39 is 35.9 Å². The Bertz CT molecular complexity index is 767. The average Bonchev–Trinajstić information content (AvgIpc) is 3.31. The number of nitrogens with one attached hydrogen (secondary N) is 3. The third kappa shape index (κ3) is 2.97. The number of imide groups is 1. The number of hydrogen-bond donors (Lipinski definition) is 3. The second-order valence-electron chi connectivity index (χ2n) is 6.58. The zero-order chi connectivity index (χ0) is 18.4. The zero-order valence-electron chi connectivity index (χ0n) is 14.3. The molecule has 3 N–H and O–H groups in total. The molecule has 1 aromatic rings. The quantitative estimate of drug-likeness (QED) is 0.536. The molecule has 0 spiro atoms. The van der Waals surface area contributed by atoms with Gasteiger partial charge in [-0.25, -0.2) is 9.59 Å². The number of hydrogen-bond acceptors (Lipinski definition) is 5. The number of amides is 4. The predicted molar refractivity (Wildman–Crippen MR) is 86.9 cm³/mol. The number of aryl methyl sites for hydroxylation is 1. The van der Waals surface area contributed by atoms with Crippen molar-refractivity contribution in [1.29, 1.82) is 0 Å². The predicted octanol–water partition coefficient (Wildman–Crippen LogP) is 0.769. The maximum atomic E-state index is 12.5. The summed E-state index contributed by atoms with van der Waals surface area (Å²) in [4.78, 5) is 52.3. The van der Waals surface area contributed by atoms with Crippen LogP contribution in [0.5, 0.6) is 0 Å². The Morgan fingerprint density at radius 3 is 2.68 bits per heavy atom. The van der Waals surface area contributed by atoms with Gasteiger partial charge in [0.15, 0.2) is 0 Å². The molecule has 2 fully saturated rings. The highest BCUT2D eigenvalue weighted by atomic mass is 16.5. The molecule has 0 radical (unpaired) electrons. The van der Waals surface area contributed by atoms with Crippen molar-refractivity contribution in [2.24, 2.45) is 5.92 Å². The van der Waals surface area contributed by atoms with Crippen LogP contribution in [0.15, 0.2) is 6.07 Å². The average molecular weight is 348 g/mol. The van der Waals surface area contributed by atoms with Crippen LogP contribution in [-0.2, 0) is 14.3 Å². The van der Waals surface area contributed by atoms with Crippen molar-refractivity contribution in [2.45, 2.75) is 32.2 Å². The topological polar surface area (TPSA) is 121 Å². The first-order valence-corrected chi connectivity index (χ1v) is 7.98. The molecule has 1 aromatic heterocycles. The molecule has 1 saturated carbocycles. The highest BCUT2D eigenvalue weighted by molar-refractivity contribution is 6.10. The minimum atomic E-state index is -0.931. The smallest absolute Gasteiger partial charge is 0.356 e. The van der Waals surface area contributed by atoms with Gasteiger partial charge in [0.05, 0.1) is 12.8 Å². The molecule has 0 bridgehead atoms. The van der Waals surface area contributed by atoms with Crippen molar-refractivity contribution in [3.8, 4) is 0 Å². The molecule has 134 valence electrons. The van der Waals surface area contributed by atoms with Gasteiger partial charge in [-0.15, -0.1) is 0 Å². The number of rotatable bonds is 5. The van der Waals surface area contributed by atoms with Gasteiger partial charge in [-0.3, -0.25) is 14.5 Å². The van der Waals surface area contributed by atoms with Crippen LogP contribution in [0.25, 0.3) is 0 Å². The summed E-state index contributed by atoms with van der Waals surface area (Å²) in [7, 11) is 1.23. The van der Waals surface area contributed by atoms with Crippen LogP contribution in [0.2, 0.25) is 0 Å². The van der Waals surface area contributed by atoms with Crippen molar-refractivity contribution in [2.75, 3.05) is 19.0 Å². The van der Waals surface area contributed by atoms with E-state index in [9.17, 15) is 19.2 Å². The number of H-pyrrole nitrogens is 1. The first kappa shape index (κ1) is 17.0. The first-order valence-electron chi connectivity index (χ1n) is 7.98. The van der Waals surface area contributed by atoms with E-state index >= 15 is 0 Å². The van der Waals surface area contributed by atoms with Crippen molar-refractivity contribution in [3.05, 3.63) is 17.5 Å². The Morgan fingerprint density at radius 2 is 2.08 bits per heavy atom. The fourth-order valence-electron chi connectivity index (χ4n) is 3.08. The SMILES string of the molecule is COC(=O)c1[nH]c(C)cc1NC(=O)CN1C(=O)NC(C)(C2CC2)C1=O. The number of carbonyl (C=O) groups excluding carboxylic acids is 4. The number of anilines is 1. The summed E-state index contributed by atoms with van der Waals surface area (Å²) in [5.74, 6) is -1.48. The lowest BCUT2D eigenvalue weighted by Gasteiger charge is -2.20. The molecule has 25 heavy (non-hydrogen) atoms. The number of esters is 1. The molecule has 1 atom stereocenters. The van der Waals surface area contributed by atoms with Gasteiger partial charge in [-0.1, -0.05) is 0 Å². The fraction of sp³-hybridized carbons (Fsp3) is 0.500. The van der Waals surface area contributed by atoms with Gasteiger partial charge in [0.25, 0.3) is 5.91 Å². The lowest BCUT2D eigenvalue weighted by Crippen LogP contribution is -2.46. The van der Waals surface area contributed by atoms with Gasteiger partial charge in [-0.05, 0) is 38.7 Å². The standard InChI is InChI=1S/C16H20N4O5/c1-8-6-10(12(17-8)13(22)25-3)18-11(21)7-20-14(23)16(2,9-4-5-9)19-15(20)24/h6,9,17H,4-5,7H2,1-3H3,(H,18,21)(H,19,24). The Labute approximate surface area is 144 Å². The maximum absolute atomic E-state index is 12.5. The highest BCUT2D eigenvalue weighted by Gasteiger charge is 2.56. The van der Waals surface area contributed by atoms with Crippen molar-refractivity contribution < 1.29 is 23.9 Å². The molecule has 3 rings (SSSR count). The molecule has 4 amide bonds. The van der Waals surface area contributed by atoms with E-state index in [-0.39, 0.29) is 17.3 Å². The van der Waals surface area contributed by atoms with Crippen molar-refractivity contribution >= 4 is 29.5 Å². The van der Waals surface area contributed by atoms with E-state index in [0.29, 0.717) is 5.69 Å². The molecular formula is C16H20N4O5. The van der Waals surface area contributed by atoms with Crippen LogP contribution >= 0.6 is 0 Å². The Hall–Kier alpha value is -2.84. The van der Waals surface area contributed by atoms with Gasteiger partial charge >= 0.3 is 12.0 Å². The number of aromatic amines is 1. The summed E-state index contributed by atoms with van der Waals surface area (Å²) < 4.78 is 4.65. The number of nitrogens with zero attached hydrogens (tertiary/aromatic N) is 1. The van der Waals surface area contributed by atoms with Gasteiger partial charge in [0.2, 0.25) is 5.91 Å². The number of aromatic nitrogens is 1. The largest absolute Gasteiger partial charge is 0.464 e. The second-order valence-corrected chi connectivity index (χ2v) is 6.58. The van der Waals surface area contributed by atoms with E-state index in [1.165, 1.54) is 7.11 Å². The van der Waals surface area contributed by atoms with Crippen LogP contribution < -0.4 is 10.6 Å². The third-order valence-corrected chi connectivity index (χ3v) is 4.61. The van der Waals surface area contributed by atoms with E-state index in [1.54, 1.807) is 19.9 Å². The van der Waals surface area contributed by atoms with Crippen LogP contribution in [-0.4, -0.2) is 52.9 Å². The summed E-state index contributed by atoms with van der Waals surface area (Å²) in [5.41, 5.74) is 0.0749. The zero-order valence-corrected chi connectivity index (χ0v) is 14.3. The molecule has 1 saturated heterocycles. The molecule has 9 nitrogen and oxygen atoms in total. The minimum Gasteiger partial charge on any atom is -0.464 e. The van der Waals surface area contributed by atoms with E-state index in [2.05, 4.69) is 20.4 Å². The summed E-state index contributed by atoms with van der Waals surface area (Å²) in [5, 5.41) is 5.22. The monoisotopic (exact) mass is 348 g/mol. The fourth-order valence-corrected chi connectivity index (χ4v) is 3.08. The van der Waals surface area contributed by atoms with Crippen molar-refractivity contribution in [1.82, 2.24) is 15.2 Å². The Kier molecular flexibility index (Phi) is 4.02. The molecule has 9 heteroatoms. The van der Waals surface area contributed by atoms with Gasteiger partial charge in [0.1, 0.15) is 17.8 Å². The first-order chi connectivity index (χ1) is 11.8. The van der Waals surface area contributed by atoms with Gasteiger partial charge < -0.3 is 20.4 Å². The normalized spacial score (nSPS) is 22.8. The number of methoxy groups -OCH3 is 1. The van der Waals surface area contributed by atoms with Gasteiger partial charge in [-0.2, -0.15) is 0 Å². The molecule has 2 aliphatic rings. The summed E-state index contributed by atoms with van der Waals surface area (Å²) in [6.07, 6.45) is 1.77.